The Balaban J connectivity index is 1.62. The number of fused-ring (bicyclic) bond motifs is 1. The second-order valence-electron chi connectivity index (χ2n) is 10.2. The molecule has 8 nitrogen and oxygen atoms in total. The third-order valence-electron chi connectivity index (χ3n) is 6.90. The van der Waals surface area contributed by atoms with Crippen molar-refractivity contribution in [3.63, 3.8) is 0 Å². The molecular weight excluding hydrogens is 573 g/mol. The van der Waals surface area contributed by atoms with Gasteiger partial charge in [0.25, 0.3) is 15.9 Å². The SMILES string of the molecule is C[C@H](CO)N1C[C@H](C)[C@H](CN(C)Cc2ccc(Cl)c(Cl)c2)Oc2ccc(NS(=O)(=O)c3ccccc3)cc2C1=O. The standard InChI is InChI=1S/C29H33Cl2N3O5S/c1-19-15-34(20(2)18-35)29(36)24-14-22(32-40(37,38)23-7-5-4-6-8-23)10-12-27(24)39-28(19)17-33(3)16-21-9-11-25(30)26(31)13-21/h4-14,19-20,28,32,35H,15-18H2,1-3H3/t19-,20+,28-/m0/s1. The predicted molar refractivity (Wildman–Crippen MR) is 158 cm³/mol. The molecule has 0 spiro atoms. The highest BCUT2D eigenvalue weighted by molar-refractivity contribution is 7.92. The summed E-state index contributed by atoms with van der Waals surface area (Å²) in [4.78, 5) is 17.5. The van der Waals surface area contributed by atoms with E-state index in [0.717, 1.165) is 5.56 Å². The van der Waals surface area contributed by atoms with Gasteiger partial charge in [0.2, 0.25) is 0 Å². The first-order valence-corrected chi connectivity index (χ1v) is 15.1. The van der Waals surface area contributed by atoms with Gasteiger partial charge in [-0.2, -0.15) is 0 Å². The van der Waals surface area contributed by atoms with Crippen LogP contribution in [0.15, 0.2) is 71.6 Å². The third-order valence-corrected chi connectivity index (χ3v) is 9.03. The second kappa shape index (κ2) is 12.8. The average molecular weight is 607 g/mol. The molecule has 0 aliphatic carbocycles. The van der Waals surface area contributed by atoms with Crippen LogP contribution in [-0.2, 0) is 16.6 Å². The van der Waals surface area contributed by atoms with Gasteiger partial charge in [-0.3, -0.25) is 14.4 Å². The molecule has 1 aliphatic rings. The molecule has 3 aromatic rings. The molecule has 3 atom stereocenters. The van der Waals surface area contributed by atoms with Crippen LogP contribution in [0.5, 0.6) is 5.75 Å². The molecule has 11 heteroatoms. The van der Waals surface area contributed by atoms with Crippen LogP contribution in [0.25, 0.3) is 0 Å². The number of amides is 1. The van der Waals surface area contributed by atoms with E-state index in [0.29, 0.717) is 35.4 Å². The van der Waals surface area contributed by atoms with Crippen molar-refractivity contribution in [1.29, 1.82) is 0 Å². The predicted octanol–water partition coefficient (Wildman–Crippen LogP) is 5.15. The van der Waals surface area contributed by atoms with Crippen LogP contribution in [-0.4, -0.2) is 68.1 Å². The number of sulfonamides is 1. The third kappa shape index (κ3) is 7.08. The fourth-order valence-corrected chi connectivity index (χ4v) is 6.03. The molecule has 0 bridgehead atoms. The maximum Gasteiger partial charge on any atom is 0.261 e. The molecule has 2 N–H and O–H groups in total. The number of carbonyl (C=O) groups excluding carboxylic acids is 1. The molecule has 0 radical (unpaired) electrons. The zero-order valence-corrected chi connectivity index (χ0v) is 24.9. The monoisotopic (exact) mass is 605 g/mol. The van der Waals surface area contributed by atoms with Crippen molar-refractivity contribution >= 4 is 44.8 Å². The van der Waals surface area contributed by atoms with Crippen molar-refractivity contribution in [3.8, 4) is 5.75 Å². The summed E-state index contributed by atoms with van der Waals surface area (Å²) in [6, 6.07) is 17.8. The Morgan fingerprint density at radius 2 is 1.82 bits per heavy atom. The zero-order chi connectivity index (χ0) is 29.0. The molecular formula is C29H33Cl2N3O5S. The smallest absolute Gasteiger partial charge is 0.261 e. The van der Waals surface area contributed by atoms with E-state index in [1.54, 1.807) is 48.2 Å². The number of hydrogen-bond acceptors (Lipinski definition) is 6. The van der Waals surface area contributed by atoms with Crippen LogP contribution < -0.4 is 9.46 Å². The first kappa shape index (κ1) is 30.1. The number of nitrogens with zero attached hydrogens (tertiary/aromatic N) is 2. The van der Waals surface area contributed by atoms with Crippen molar-refractivity contribution in [2.45, 2.75) is 37.4 Å². The molecule has 1 heterocycles. The molecule has 4 rings (SSSR count). The first-order valence-electron chi connectivity index (χ1n) is 12.9. The number of anilines is 1. The van der Waals surface area contributed by atoms with E-state index < -0.39 is 16.1 Å². The summed E-state index contributed by atoms with van der Waals surface area (Å²) in [5, 5.41) is 10.9. The van der Waals surface area contributed by atoms with Crippen molar-refractivity contribution < 1.29 is 23.1 Å². The number of carbonyl (C=O) groups is 1. The topological polar surface area (TPSA) is 99.2 Å². The van der Waals surface area contributed by atoms with E-state index in [-0.39, 0.29) is 40.7 Å². The van der Waals surface area contributed by atoms with Gasteiger partial charge in [0.15, 0.2) is 0 Å². The van der Waals surface area contributed by atoms with Crippen LogP contribution in [0.4, 0.5) is 5.69 Å². The molecule has 0 saturated heterocycles. The van der Waals surface area contributed by atoms with Crippen LogP contribution in [0.3, 0.4) is 0 Å². The van der Waals surface area contributed by atoms with Gasteiger partial charge in [-0.1, -0.05) is 54.4 Å². The number of nitrogens with one attached hydrogen (secondary N) is 1. The van der Waals surface area contributed by atoms with Crippen LogP contribution in [0.1, 0.15) is 29.8 Å². The van der Waals surface area contributed by atoms with Gasteiger partial charge < -0.3 is 14.7 Å². The van der Waals surface area contributed by atoms with Crippen molar-refractivity contribution in [3.05, 3.63) is 87.9 Å². The molecule has 0 aromatic heterocycles. The Hall–Kier alpha value is -2.82. The summed E-state index contributed by atoms with van der Waals surface area (Å²) in [7, 11) is -1.89. The summed E-state index contributed by atoms with van der Waals surface area (Å²) in [5.41, 5.74) is 1.45. The number of halogens is 2. The lowest BCUT2D eigenvalue weighted by Gasteiger charge is -2.38. The summed E-state index contributed by atoms with van der Waals surface area (Å²) < 4.78 is 34.8. The fraction of sp³-hybridized carbons (Fsp3) is 0.345. The lowest BCUT2D eigenvalue weighted by molar-refractivity contribution is 0.0341. The Labute approximate surface area is 245 Å². The summed E-state index contributed by atoms with van der Waals surface area (Å²) in [6.07, 6.45) is -0.306. The Bertz CT molecular complexity index is 1460. The van der Waals surface area contributed by atoms with E-state index in [4.69, 9.17) is 27.9 Å². The molecule has 1 amide bonds. The Morgan fingerprint density at radius 1 is 1.10 bits per heavy atom. The number of likely N-dealkylation sites (N-methyl/N-ethyl adjacent to an activating group) is 1. The van der Waals surface area contributed by atoms with Gasteiger partial charge >= 0.3 is 0 Å². The molecule has 1 aliphatic heterocycles. The summed E-state index contributed by atoms with van der Waals surface area (Å²) in [5.74, 6) is -0.0623. The number of benzene rings is 3. The van der Waals surface area contributed by atoms with Crippen molar-refractivity contribution in [1.82, 2.24) is 9.80 Å². The van der Waals surface area contributed by atoms with Crippen LogP contribution in [0, 0.1) is 5.92 Å². The normalized spacial score (nSPS) is 18.5. The number of rotatable bonds is 9. The molecule has 0 saturated carbocycles. The number of hydrogen-bond donors (Lipinski definition) is 2. The minimum absolute atomic E-state index is 0.0707. The van der Waals surface area contributed by atoms with Crippen LogP contribution in [0.2, 0.25) is 10.0 Å². The highest BCUT2D eigenvalue weighted by Crippen LogP contribution is 2.32. The van der Waals surface area contributed by atoms with Gasteiger partial charge in [-0.05, 0) is 62.0 Å². The number of ether oxygens (including phenoxy) is 1. The van der Waals surface area contributed by atoms with Gasteiger partial charge in [-0.25, -0.2) is 8.42 Å². The van der Waals surface area contributed by atoms with E-state index in [1.165, 1.54) is 18.2 Å². The quantitative estimate of drug-likeness (QED) is 0.350. The van der Waals surface area contributed by atoms with E-state index in [1.807, 2.05) is 26.1 Å². The lowest BCUT2D eigenvalue weighted by atomic mass is 9.99. The maximum atomic E-state index is 13.7. The summed E-state index contributed by atoms with van der Waals surface area (Å²) >= 11 is 12.3. The zero-order valence-electron chi connectivity index (χ0n) is 22.6. The number of aliphatic hydroxyl groups excluding tert-OH is 1. The highest BCUT2D eigenvalue weighted by Gasteiger charge is 2.33. The van der Waals surface area contributed by atoms with Crippen molar-refractivity contribution in [2.75, 3.05) is 31.5 Å². The summed E-state index contributed by atoms with van der Waals surface area (Å²) in [6.45, 7) is 5.07. The maximum absolute atomic E-state index is 13.7. The van der Waals surface area contributed by atoms with Gasteiger partial charge in [-0.15, -0.1) is 0 Å². The molecule has 0 unspecified atom stereocenters. The average Bonchev–Trinajstić information content (AvgIpc) is 2.93. The lowest BCUT2D eigenvalue weighted by Crippen LogP contribution is -2.49. The molecule has 40 heavy (non-hydrogen) atoms. The minimum Gasteiger partial charge on any atom is -0.488 e. The van der Waals surface area contributed by atoms with Crippen LogP contribution >= 0.6 is 23.2 Å². The van der Waals surface area contributed by atoms with Gasteiger partial charge in [0, 0.05) is 31.2 Å². The molecule has 0 fully saturated rings. The van der Waals surface area contributed by atoms with E-state index in [2.05, 4.69) is 9.62 Å². The Kier molecular flexibility index (Phi) is 9.64. The van der Waals surface area contributed by atoms with Gasteiger partial charge in [0.1, 0.15) is 11.9 Å². The Morgan fingerprint density at radius 3 is 2.50 bits per heavy atom. The van der Waals surface area contributed by atoms with E-state index >= 15 is 0 Å². The van der Waals surface area contributed by atoms with Gasteiger partial charge in [0.05, 0.1) is 33.2 Å². The van der Waals surface area contributed by atoms with Crippen molar-refractivity contribution in [2.24, 2.45) is 5.92 Å². The first-order chi connectivity index (χ1) is 19.0. The largest absolute Gasteiger partial charge is 0.488 e. The minimum atomic E-state index is -3.86. The fourth-order valence-electron chi connectivity index (χ4n) is 4.64. The highest BCUT2D eigenvalue weighted by atomic mass is 35.5. The number of aliphatic hydroxyl groups is 1. The van der Waals surface area contributed by atoms with E-state index in [9.17, 15) is 18.3 Å². The second-order valence-corrected chi connectivity index (χ2v) is 12.7. The molecule has 3 aromatic carbocycles. The molecule has 214 valence electrons.